The van der Waals surface area contributed by atoms with Gasteiger partial charge in [-0.2, -0.15) is 0 Å². The van der Waals surface area contributed by atoms with Crippen LogP contribution in [0, 0.1) is 0 Å². The Morgan fingerprint density at radius 3 is 3.00 bits per heavy atom. The highest BCUT2D eigenvalue weighted by molar-refractivity contribution is 8.00. The lowest BCUT2D eigenvalue weighted by atomic mass is 10.1. The van der Waals surface area contributed by atoms with Crippen LogP contribution in [0.15, 0.2) is 46.2 Å². The van der Waals surface area contributed by atoms with Gasteiger partial charge in [-0.1, -0.05) is 30.0 Å². The Morgan fingerprint density at radius 2 is 2.17 bits per heavy atom. The van der Waals surface area contributed by atoms with E-state index in [2.05, 4.69) is 22.1 Å². The molecule has 0 amide bonds. The Bertz CT molecular complexity index is 665. The Labute approximate surface area is 113 Å². The van der Waals surface area contributed by atoms with Crippen LogP contribution in [-0.2, 0) is 5.75 Å². The van der Waals surface area contributed by atoms with E-state index in [-0.39, 0.29) is 0 Å². The largest absolute Gasteiger partial charge is 0.383 e. The van der Waals surface area contributed by atoms with E-state index in [1.165, 1.54) is 0 Å². The Morgan fingerprint density at radius 1 is 1.28 bits per heavy atom. The molecule has 0 aliphatic carbocycles. The summed E-state index contributed by atoms with van der Waals surface area (Å²) in [5, 5.41) is 3.10. The molecule has 0 aliphatic heterocycles. The second-order valence-corrected chi connectivity index (χ2v) is 5.93. The molecule has 0 atom stereocenters. The maximum atomic E-state index is 5.98. The van der Waals surface area contributed by atoms with Crippen LogP contribution in [0.1, 0.15) is 5.56 Å². The second kappa shape index (κ2) is 4.96. The molecule has 18 heavy (non-hydrogen) atoms. The third-order valence-electron chi connectivity index (χ3n) is 2.60. The summed E-state index contributed by atoms with van der Waals surface area (Å²) in [5.74, 6) is 1.41. The third-order valence-corrected chi connectivity index (χ3v) is 4.61. The first-order valence-electron chi connectivity index (χ1n) is 5.49. The van der Waals surface area contributed by atoms with Crippen molar-refractivity contribution in [3.63, 3.8) is 0 Å². The SMILES string of the molecule is Nc1nc2ccccc2cc1CSc1nccs1. The van der Waals surface area contributed by atoms with E-state index in [1.54, 1.807) is 23.1 Å². The molecule has 0 unspecified atom stereocenters. The topological polar surface area (TPSA) is 51.8 Å². The minimum absolute atomic E-state index is 0.609. The molecule has 3 aromatic rings. The summed E-state index contributed by atoms with van der Waals surface area (Å²) in [6.45, 7) is 0. The molecule has 0 fully saturated rings. The van der Waals surface area contributed by atoms with Gasteiger partial charge in [0.1, 0.15) is 10.2 Å². The highest BCUT2D eigenvalue weighted by Crippen LogP contribution is 2.28. The average molecular weight is 273 g/mol. The van der Waals surface area contributed by atoms with Crippen molar-refractivity contribution >= 4 is 39.8 Å². The number of benzene rings is 1. The number of nitrogen functional groups attached to an aromatic ring is 1. The fourth-order valence-electron chi connectivity index (χ4n) is 1.71. The highest BCUT2D eigenvalue weighted by Gasteiger charge is 2.05. The summed E-state index contributed by atoms with van der Waals surface area (Å²) in [6, 6.07) is 10.1. The molecule has 0 bridgehead atoms. The van der Waals surface area contributed by atoms with Gasteiger partial charge in [0.25, 0.3) is 0 Å². The first-order chi connectivity index (χ1) is 8.83. The van der Waals surface area contributed by atoms with Crippen molar-refractivity contribution in [1.29, 1.82) is 0 Å². The van der Waals surface area contributed by atoms with Gasteiger partial charge < -0.3 is 5.73 Å². The van der Waals surface area contributed by atoms with E-state index in [9.17, 15) is 0 Å². The van der Waals surface area contributed by atoms with Crippen molar-refractivity contribution in [2.75, 3.05) is 5.73 Å². The van der Waals surface area contributed by atoms with Crippen LogP contribution in [0.3, 0.4) is 0 Å². The first kappa shape index (κ1) is 11.5. The fourth-order valence-corrected chi connectivity index (χ4v) is 3.33. The molecule has 0 saturated carbocycles. The van der Waals surface area contributed by atoms with E-state index in [0.717, 1.165) is 26.6 Å². The lowest BCUT2D eigenvalue weighted by molar-refractivity contribution is 1.24. The van der Waals surface area contributed by atoms with E-state index in [0.29, 0.717) is 5.82 Å². The summed E-state index contributed by atoms with van der Waals surface area (Å²) in [7, 11) is 0. The molecular weight excluding hydrogens is 262 g/mol. The Balaban J connectivity index is 1.89. The normalized spacial score (nSPS) is 10.9. The third kappa shape index (κ3) is 2.32. The number of anilines is 1. The first-order valence-corrected chi connectivity index (χ1v) is 7.36. The van der Waals surface area contributed by atoms with Crippen molar-refractivity contribution in [3.8, 4) is 0 Å². The van der Waals surface area contributed by atoms with E-state index in [1.807, 2.05) is 29.8 Å². The van der Waals surface area contributed by atoms with Crippen LogP contribution < -0.4 is 5.73 Å². The van der Waals surface area contributed by atoms with Gasteiger partial charge in [0.2, 0.25) is 0 Å². The molecule has 3 nitrogen and oxygen atoms in total. The summed E-state index contributed by atoms with van der Waals surface area (Å²) in [4.78, 5) is 8.67. The van der Waals surface area contributed by atoms with Crippen molar-refractivity contribution in [3.05, 3.63) is 47.5 Å². The molecule has 2 heterocycles. The zero-order chi connectivity index (χ0) is 12.4. The van der Waals surface area contributed by atoms with E-state index < -0.39 is 0 Å². The van der Waals surface area contributed by atoms with E-state index >= 15 is 0 Å². The molecule has 0 saturated heterocycles. The number of thiazole rings is 1. The van der Waals surface area contributed by atoms with Crippen LogP contribution in [0.2, 0.25) is 0 Å². The maximum Gasteiger partial charge on any atom is 0.150 e. The van der Waals surface area contributed by atoms with Gasteiger partial charge in [-0.15, -0.1) is 11.3 Å². The minimum Gasteiger partial charge on any atom is -0.383 e. The number of rotatable bonds is 3. The number of fused-ring (bicyclic) bond motifs is 1. The monoisotopic (exact) mass is 273 g/mol. The van der Waals surface area contributed by atoms with Gasteiger partial charge in [-0.05, 0) is 12.1 Å². The van der Waals surface area contributed by atoms with Crippen LogP contribution in [-0.4, -0.2) is 9.97 Å². The lowest BCUT2D eigenvalue weighted by Gasteiger charge is -2.05. The maximum absolute atomic E-state index is 5.98. The summed E-state index contributed by atoms with van der Waals surface area (Å²) < 4.78 is 1.06. The summed E-state index contributed by atoms with van der Waals surface area (Å²) >= 11 is 3.33. The van der Waals surface area contributed by atoms with Crippen LogP contribution in [0.25, 0.3) is 10.9 Å². The van der Waals surface area contributed by atoms with Gasteiger partial charge in [0.05, 0.1) is 5.52 Å². The molecular formula is C13H11N3S2. The molecule has 5 heteroatoms. The summed E-state index contributed by atoms with van der Waals surface area (Å²) in [5.41, 5.74) is 7.99. The van der Waals surface area contributed by atoms with Gasteiger partial charge in [0.15, 0.2) is 0 Å². The van der Waals surface area contributed by atoms with Crippen molar-refractivity contribution in [2.24, 2.45) is 0 Å². The Kier molecular flexibility index (Phi) is 3.17. The molecule has 0 spiro atoms. The molecule has 0 aliphatic rings. The number of hydrogen-bond donors (Lipinski definition) is 1. The van der Waals surface area contributed by atoms with Crippen LogP contribution in [0.4, 0.5) is 5.82 Å². The number of para-hydroxylation sites is 1. The van der Waals surface area contributed by atoms with Gasteiger partial charge in [0, 0.05) is 28.3 Å². The van der Waals surface area contributed by atoms with Crippen molar-refractivity contribution in [1.82, 2.24) is 9.97 Å². The smallest absolute Gasteiger partial charge is 0.150 e. The number of nitrogens with zero attached hydrogens (tertiary/aromatic N) is 2. The quantitative estimate of drug-likeness (QED) is 0.741. The lowest BCUT2D eigenvalue weighted by Crippen LogP contribution is -1.97. The average Bonchev–Trinajstić information content (AvgIpc) is 2.89. The van der Waals surface area contributed by atoms with Gasteiger partial charge in [-0.3, -0.25) is 0 Å². The molecule has 1 aromatic carbocycles. The zero-order valence-corrected chi connectivity index (χ0v) is 11.2. The highest BCUT2D eigenvalue weighted by atomic mass is 32.2. The predicted octanol–water partition coefficient (Wildman–Crippen LogP) is 3.57. The number of aromatic nitrogens is 2. The van der Waals surface area contributed by atoms with Gasteiger partial charge >= 0.3 is 0 Å². The fraction of sp³-hybridized carbons (Fsp3) is 0.0769. The number of thioether (sulfide) groups is 1. The van der Waals surface area contributed by atoms with E-state index in [4.69, 9.17) is 5.73 Å². The molecule has 3 rings (SSSR count). The zero-order valence-electron chi connectivity index (χ0n) is 9.54. The standard InChI is InChI=1S/C13H11N3S2/c14-12-10(8-18-13-15-5-6-17-13)7-9-3-1-2-4-11(9)16-12/h1-7H,8H2,(H2,14,16). The number of hydrogen-bond acceptors (Lipinski definition) is 5. The van der Waals surface area contributed by atoms with Crippen molar-refractivity contribution < 1.29 is 0 Å². The van der Waals surface area contributed by atoms with Crippen LogP contribution >= 0.6 is 23.1 Å². The Hall–Kier alpha value is -1.59. The van der Waals surface area contributed by atoms with Crippen LogP contribution in [0.5, 0.6) is 0 Å². The second-order valence-electron chi connectivity index (χ2n) is 3.81. The molecule has 2 N–H and O–H groups in total. The number of nitrogens with two attached hydrogens (primary N) is 1. The predicted molar refractivity (Wildman–Crippen MR) is 77.8 cm³/mol. The summed E-state index contributed by atoms with van der Waals surface area (Å²) in [6.07, 6.45) is 1.81. The van der Waals surface area contributed by atoms with Crippen molar-refractivity contribution in [2.45, 2.75) is 10.1 Å². The van der Waals surface area contributed by atoms with Gasteiger partial charge in [-0.25, -0.2) is 9.97 Å². The molecule has 2 aromatic heterocycles. The molecule has 90 valence electrons. The molecule has 0 radical (unpaired) electrons. The number of pyridine rings is 1. The minimum atomic E-state index is 0.609.